The van der Waals surface area contributed by atoms with E-state index < -0.39 is 0 Å². The summed E-state index contributed by atoms with van der Waals surface area (Å²) < 4.78 is 0. The molecule has 0 aromatic rings. The summed E-state index contributed by atoms with van der Waals surface area (Å²) in [6.07, 6.45) is 49.0. The highest BCUT2D eigenvalue weighted by molar-refractivity contribution is 15.0. The maximum Gasteiger partial charge on any atom is 0 e. The van der Waals surface area contributed by atoms with Gasteiger partial charge in [-0.3, -0.25) is 0 Å². The SMILES string of the molecule is C=C(C)C1CCC2(C)CCC3(C)C(CCC4C5(C)CCC(C)(C)C(C)(C)C5CCC43C)C12.CC1CCC2(C)CCC3(C)C(=CCC4C5(C)CCC(C)(C)C(C)(C)C5CCC43C)C2C1C.CCC1(C)C2CCC3(C)C(CC=C4C5CC(C)(C)CCC5(C)CCC43C)C2(C)CCC1(C)C.II. The largest absolute Gasteiger partial charge is 0.0998 e. The molecule has 15 aliphatic carbocycles. The first kappa shape index (κ1) is 79.2. The van der Waals surface area contributed by atoms with Crippen molar-refractivity contribution >= 4 is 37.2 Å². The highest BCUT2D eigenvalue weighted by Crippen LogP contribution is 2.82. The first-order valence-electron chi connectivity index (χ1n) is 43.6. The number of halogens is 2. The van der Waals surface area contributed by atoms with Crippen LogP contribution in [0.4, 0.5) is 0 Å². The van der Waals surface area contributed by atoms with Crippen LogP contribution in [0.5, 0.6) is 0 Å². The van der Waals surface area contributed by atoms with Crippen LogP contribution in [0.2, 0.25) is 0 Å². The van der Waals surface area contributed by atoms with Gasteiger partial charge >= 0.3 is 0 Å². The van der Waals surface area contributed by atoms with E-state index in [1.54, 1.807) is 0 Å². The molecule has 13 saturated carbocycles. The van der Waals surface area contributed by atoms with E-state index in [0.717, 1.165) is 76.9 Å². The first-order chi connectivity index (χ1) is 45.4. The molecule has 566 valence electrons. The molecule has 0 radical (unpaired) electrons. The highest BCUT2D eigenvalue weighted by atomic mass is 128. The molecule has 26 atom stereocenters. The summed E-state index contributed by atoms with van der Waals surface area (Å²) >= 11 is 4.24. The van der Waals surface area contributed by atoms with E-state index in [-0.39, 0.29) is 0 Å². The molecule has 15 aliphatic rings. The Bertz CT molecular complexity index is 3120. The molecule has 99 heavy (non-hydrogen) atoms. The normalized spacial score (nSPS) is 54.6. The lowest BCUT2D eigenvalue weighted by Gasteiger charge is -2.74. The van der Waals surface area contributed by atoms with Gasteiger partial charge in [0.15, 0.2) is 0 Å². The van der Waals surface area contributed by atoms with Crippen LogP contribution in [-0.4, -0.2) is 0 Å². The average molecular weight is 1580 g/mol. The summed E-state index contributed by atoms with van der Waals surface area (Å²) in [5.41, 5.74) is 14.7. The van der Waals surface area contributed by atoms with Crippen LogP contribution < -0.4 is 0 Å². The fraction of sp³-hybridized carbons (Fsp3) is 0.938. The predicted molar refractivity (Wildman–Crippen MR) is 448 cm³/mol. The molecule has 0 aromatic heterocycles. The van der Waals surface area contributed by atoms with Crippen LogP contribution in [0.15, 0.2) is 35.5 Å². The molecule has 0 saturated heterocycles. The summed E-state index contributed by atoms with van der Waals surface area (Å²) in [5.74, 6) is 11.3. The molecule has 0 N–H and O–H groups in total. The zero-order valence-electron chi connectivity index (χ0n) is 71.3. The number of hydrogen-bond donors (Lipinski definition) is 0. The van der Waals surface area contributed by atoms with Gasteiger partial charge in [-0.05, 0) is 379 Å². The van der Waals surface area contributed by atoms with E-state index in [9.17, 15) is 0 Å². The van der Waals surface area contributed by atoms with E-state index >= 15 is 0 Å². The Hall–Kier alpha value is 0.680. The van der Waals surface area contributed by atoms with Crippen molar-refractivity contribution in [2.45, 2.75) is 393 Å². The molecule has 0 bridgehead atoms. The molecular formula is C97H164I2. The second-order valence-electron chi connectivity index (χ2n) is 48.4. The van der Waals surface area contributed by atoms with Gasteiger partial charge in [-0.2, -0.15) is 0 Å². The Morgan fingerprint density at radius 3 is 1.38 bits per heavy atom. The maximum absolute atomic E-state index is 4.51. The van der Waals surface area contributed by atoms with Gasteiger partial charge in [-0.15, -0.1) is 0 Å². The van der Waals surface area contributed by atoms with E-state index in [2.05, 4.69) is 257 Å². The third kappa shape index (κ3) is 10.8. The summed E-state index contributed by atoms with van der Waals surface area (Å²) in [5, 5.41) is 0. The molecule has 0 amide bonds. The Labute approximate surface area is 640 Å². The van der Waals surface area contributed by atoms with E-state index in [1.807, 2.05) is 11.1 Å². The van der Waals surface area contributed by atoms with Gasteiger partial charge in [-0.1, -0.05) is 229 Å². The molecule has 0 nitrogen and oxygen atoms in total. The van der Waals surface area contributed by atoms with Gasteiger partial charge in [0.25, 0.3) is 0 Å². The van der Waals surface area contributed by atoms with Crippen LogP contribution in [-0.2, 0) is 0 Å². The van der Waals surface area contributed by atoms with Crippen LogP contribution >= 0.6 is 37.2 Å². The fourth-order valence-corrected chi connectivity index (χ4v) is 34.2. The monoisotopic (exact) mass is 1580 g/mol. The van der Waals surface area contributed by atoms with Gasteiger partial charge in [0.1, 0.15) is 0 Å². The van der Waals surface area contributed by atoms with Crippen molar-refractivity contribution in [3.05, 3.63) is 35.5 Å². The molecule has 15 rings (SSSR count). The lowest BCUT2D eigenvalue weighted by atomic mass is 9.31. The van der Waals surface area contributed by atoms with Crippen molar-refractivity contribution in [3.8, 4) is 0 Å². The summed E-state index contributed by atoms with van der Waals surface area (Å²) in [4.78, 5) is 0. The second-order valence-corrected chi connectivity index (χ2v) is 48.4. The summed E-state index contributed by atoms with van der Waals surface area (Å²) in [6, 6.07) is 0. The predicted octanol–water partition coefficient (Wildman–Crippen LogP) is 31.4. The third-order valence-electron chi connectivity index (χ3n) is 43.9. The molecule has 26 unspecified atom stereocenters. The van der Waals surface area contributed by atoms with Crippen molar-refractivity contribution in [1.29, 1.82) is 0 Å². The molecule has 13 fully saturated rings. The Morgan fingerprint density at radius 1 is 0.404 bits per heavy atom. The van der Waals surface area contributed by atoms with Crippen LogP contribution in [0, 0.1) is 180 Å². The molecule has 2 heteroatoms. The lowest BCUT2D eigenvalue weighted by Crippen LogP contribution is -2.66. The number of hydrogen-bond acceptors (Lipinski definition) is 0. The van der Waals surface area contributed by atoms with Crippen molar-refractivity contribution in [2.75, 3.05) is 0 Å². The molecule has 0 aromatic carbocycles. The smallest absolute Gasteiger partial charge is 0 e. The topological polar surface area (TPSA) is 0 Å². The minimum Gasteiger partial charge on any atom is -0.0998 e. The van der Waals surface area contributed by atoms with Crippen molar-refractivity contribution in [1.82, 2.24) is 0 Å². The van der Waals surface area contributed by atoms with Gasteiger partial charge < -0.3 is 0 Å². The number of allylic oxidation sites excluding steroid dienone is 5. The average Bonchev–Trinajstić information content (AvgIpc) is 1.15. The van der Waals surface area contributed by atoms with Crippen molar-refractivity contribution in [2.24, 2.45) is 180 Å². The van der Waals surface area contributed by atoms with E-state index in [0.29, 0.717) is 103 Å². The zero-order valence-corrected chi connectivity index (χ0v) is 75.7. The minimum atomic E-state index is 0.413. The Balaban J connectivity index is 0.000000139. The zero-order chi connectivity index (χ0) is 73.4. The third-order valence-corrected chi connectivity index (χ3v) is 43.9. The van der Waals surface area contributed by atoms with E-state index in [4.69, 9.17) is 0 Å². The van der Waals surface area contributed by atoms with E-state index in [1.165, 1.54) is 198 Å². The van der Waals surface area contributed by atoms with Gasteiger partial charge in [0.05, 0.1) is 0 Å². The van der Waals surface area contributed by atoms with Crippen LogP contribution in [0.3, 0.4) is 0 Å². The first-order valence-corrected chi connectivity index (χ1v) is 49.9. The van der Waals surface area contributed by atoms with Crippen LogP contribution in [0.1, 0.15) is 393 Å². The highest BCUT2D eigenvalue weighted by Gasteiger charge is 2.74. The van der Waals surface area contributed by atoms with Crippen molar-refractivity contribution < 1.29 is 0 Å². The number of rotatable bonds is 2. The van der Waals surface area contributed by atoms with Crippen molar-refractivity contribution in [3.63, 3.8) is 0 Å². The summed E-state index contributed by atoms with van der Waals surface area (Å²) in [6.45, 7) is 81.2. The Morgan fingerprint density at radius 2 is 0.848 bits per heavy atom. The molecule has 0 aliphatic heterocycles. The summed E-state index contributed by atoms with van der Waals surface area (Å²) in [7, 11) is 0. The standard InChI is InChI=1S/C33H56.2C32H54.I2/c1-11-31(8)26-14-15-33(10)25(30(26,7)20-17-28(31,4)5)13-12-23-24-22-27(2,3)16-18-29(24,6)19-21-32(23,33)9;1-21-13-15-29(7)18-20-31(9)23(26(29)22(21)2)11-12-25-30(8)19-17-27(3,4)28(5,6)24(30)14-16-32(25,31)10;1-21(2)22-13-15-29(7)18-20-31(9)23(26(22)29)11-12-25-30(8)19-17-27(3,4)28(5,6)24(30)14-16-32(25,31)10;1-2/h12,24-26H,11,13-22H2,1-10H3;11,21-22,24-26H,12-20H2,1-10H3;22-26H,1,11-20H2,2-10H3;. The van der Waals surface area contributed by atoms with Gasteiger partial charge in [-0.25, -0.2) is 0 Å². The Kier molecular flexibility index (Phi) is 19.9. The second kappa shape index (κ2) is 24.8. The van der Waals surface area contributed by atoms with Crippen LogP contribution in [0.25, 0.3) is 0 Å². The van der Waals surface area contributed by atoms with Gasteiger partial charge in [0, 0.05) is 37.2 Å². The number of fused-ring (bicyclic) bond motifs is 21. The maximum atomic E-state index is 4.51. The lowest BCUT2D eigenvalue weighted by molar-refractivity contribution is -0.249. The minimum absolute atomic E-state index is 0.413. The molecular weight excluding hydrogens is 1420 g/mol. The quantitative estimate of drug-likeness (QED) is 0.191. The fourth-order valence-electron chi connectivity index (χ4n) is 34.2. The molecule has 0 spiro atoms. The molecule has 0 heterocycles. The van der Waals surface area contributed by atoms with Gasteiger partial charge in [0.2, 0.25) is 0 Å².